The zero-order valence-corrected chi connectivity index (χ0v) is 27.5. The summed E-state index contributed by atoms with van der Waals surface area (Å²) in [6.45, 7) is 1.98. The van der Waals surface area contributed by atoms with Crippen LogP contribution in [0.3, 0.4) is 0 Å². The second kappa shape index (κ2) is 13.2. The van der Waals surface area contributed by atoms with Crippen LogP contribution in [0.2, 0.25) is 10.0 Å². The zero-order chi connectivity index (χ0) is 32.4. The Hall–Kier alpha value is -4.25. The van der Waals surface area contributed by atoms with Crippen molar-refractivity contribution in [3.8, 4) is 22.6 Å². The van der Waals surface area contributed by atoms with E-state index in [9.17, 15) is 13.2 Å². The molecule has 1 unspecified atom stereocenters. The fraction of sp³-hybridized carbons (Fsp3) is 0.235. The number of sulfonamides is 1. The van der Waals surface area contributed by atoms with Crippen LogP contribution in [-0.4, -0.2) is 54.0 Å². The molecule has 2 aliphatic rings. The summed E-state index contributed by atoms with van der Waals surface area (Å²) in [6, 6.07) is 21.9. The van der Waals surface area contributed by atoms with Crippen LogP contribution in [0.25, 0.3) is 11.1 Å². The zero-order valence-electron chi connectivity index (χ0n) is 25.2. The standard InChI is InChI=1S/C34H32Cl2N4O5S/c1-44-23-17-26-30(20-32(41)37-14-13-21-7-9-22(10-8-21)34-38-15-16-39-34)40(46(42,43)24-11-12-27(35)28(36)19-24)29-6-4-3-5-25(29)33(26)31(18-23)45-2/h3-12,17-19,30H,13-16,20H2,1-2H3,(H,37,41)(H,38,39). The number of fused-ring (bicyclic) bond motifs is 3. The first kappa shape index (κ1) is 31.7. The van der Waals surface area contributed by atoms with Gasteiger partial charge >= 0.3 is 0 Å². The molecule has 0 spiro atoms. The molecule has 0 fully saturated rings. The quantitative estimate of drug-likeness (QED) is 0.212. The van der Waals surface area contributed by atoms with E-state index in [1.807, 2.05) is 36.4 Å². The minimum atomic E-state index is -4.25. The number of methoxy groups -OCH3 is 2. The highest BCUT2D eigenvalue weighted by Gasteiger charge is 2.41. The topological polar surface area (TPSA) is 109 Å². The average molecular weight is 680 g/mol. The van der Waals surface area contributed by atoms with Crippen molar-refractivity contribution in [3.63, 3.8) is 0 Å². The van der Waals surface area contributed by atoms with Crippen LogP contribution in [0.5, 0.6) is 11.5 Å². The van der Waals surface area contributed by atoms with Gasteiger partial charge in [0, 0.05) is 35.8 Å². The number of hydrogen-bond donors (Lipinski definition) is 2. The highest BCUT2D eigenvalue weighted by Crippen LogP contribution is 2.52. The summed E-state index contributed by atoms with van der Waals surface area (Å²) in [5, 5.41) is 6.59. The number of ether oxygens (including phenoxy) is 2. The minimum absolute atomic E-state index is 0.0531. The number of benzene rings is 4. The van der Waals surface area contributed by atoms with Crippen molar-refractivity contribution >= 4 is 50.7 Å². The number of para-hydroxylation sites is 1. The van der Waals surface area contributed by atoms with Gasteiger partial charge in [0.15, 0.2) is 0 Å². The SMILES string of the molecule is COc1cc(OC)c2c(c1)C(CC(=O)NCCc1ccc(C3=NCCN3)cc1)N(S(=O)(=O)c1ccc(Cl)c(Cl)c1)c1ccccc1-2. The van der Waals surface area contributed by atoms with Crippen molar-refractivity contribution < 1.29 is 22.7 Å². The Kier molecular flexibility index (Phi) is 9.13. The van der Waals surface area contributed by atoms with E-state index in [0.29, 0.717) is 46.8 Å². The largest absolute Gasteiger partial charge is 0.497 e. The van der Waals surface area contributed by atoms with Gasteiger partial charge in [-0.1, -0.05) is 65.7 Å². The van der Waals surface area contributed by atoms with Gasteiger partial charge < -0.3 is 20.1 Å². The number of rotatable bonds is 10. The van der Waals surface area contributed by atoms with Crippen molar-refractivity contribution in [3.05, 3.63) is 106 Å². The van der Waals surface area contributed by atoms with E-state index in [0.717, 1.165) is 30.1 Å². The Morgan fingerprint density at radius 3 is 2.48 bits per heavy atom. The van der Waals surface area contributed by atoms with E-state index in [-0.39, 0.29) is 27.3 Å². The second-order valence-corrected chi connectivity index (χ2v) is 13.5. The number of nitrogens with one attached hydrogen (secondary N) is 2. The number of amidine groups is 1. The van der Waals surface area contributed by atoms with Crippen LogP contribution in [0, 0.1) is 0 Å². The maximum Gasteiger partial charge on any atom is 0.264 e. The average Bonchev–Trinajstić information content (AvgIpc) is 3.61. The molecule has 46 heavy (non-hydrogen) atoms. The number of amides is 1. The van der Waals surface area contributed by atoms with Gasteiger partial charge in [-0.15, -0.1) is 0 Å². The number of hydrogen-bond acceptors (Lipinski definition) is 7. The first-order valence-corrected chi connectivity index (χ1v) is 16.9. The summed E-state index contributed by atoms with van der Waals surface area (Å²) < 4.78 is 41.5. The van der Waals surface area contributed by atoms with Crippen LogP contribution in [-0.2, 0) is 21.2 Å². The number of nitrogens with zero attached hydrogens (tertiary/aromatic N) is 2. The van der Waals surface area contributed by atoms with Gasteiger partial charge in [0.05, 0.1) is 53.9 Å². The van der Waals surface area contributed by atoms with E-state index >= 15 is 0 Å². The van der Waals surface area contributed by atoms with Crippen molar-refractivity contribution in [2.75, 3.05) is 38.2 Å². The molecule has 2 heterocycles. The first-order chi connectivity index (χ1) is 22.2. The molecule has 0 aliphatic carbocycles. The van der Waals surface area contributed by atoms with Gasteiger partial charge in [-0.25, -0.2) is 8.42 Å². The molecule has 4 aromatic carbocycles. The molecular weight excluding hydrogens is 647 g/mol. The van der Waals surface area contributed by atoms with Crippen LogP contribution in [0.4, 0.5) is 5.69 Å². The summed E-state index contributed by atoms with van der Waals surface area (Å²) in [7, 11) is -1.19. The lowest BCUT2D eigenvalue weighted by Gasteiger charge is -2.39. The number of anilines is 1. The highest BCUT2D eigenvalue weighted by molar-refractivity contribution is 7.92. The maximum atomic E-state index is 14.5. The van der Waals surface area contributed by atoms with Crippen molar-refractivity contribution in [1.82, 2.24) is 10.6 Å². The first-order valence-electron chi connectivity index (χ1n) is 14.7. The predicted octanol–water partition coefficient (Wildman–Crippen LogP) is 6.03. The normalized spacial score (nSPS) is 15.3. The van der Waals surface area contributed by atoms with Gasteiger partial charge in [-0.2, -0.15) is 0 Å². The summed E-state index contributed by atoms with van der Waals surface area (Å²) in [5.74, 6) is 1.55. The van der Waals surface area contributed by atoms with Gasteiger partial charge in [0.2, 0.25) is 5.91 Å². The fourth-order valence-electron chi connectivity index (χ4n) is 5.87. The highest BCUT2D eigenvalue weighted by atomic mass is 35.5. The predicted molar refractivity (Wildman–Crippen MR) is 181 cm³/mol. The van der Waals surface area contributed by atoms with E-state index in [1.54, 1.807) is 31.4 Å². The van der Waals surface area contributed by atoms with Crippen molar-refractivity contribution in [2.24, 2.45) is 4.99 Å². The summed E-state index contributed by atoms with van der Waals surface area (Å²) in [6.07, 6.45) is 0.436. The third-order valence-corrected chi connectivity index (χ3v) is 10.6. The molecule has 12 heteroatoms. The molecule has 1 atom stereocenters. The Morgan fingerprint density at radius 1 is 1.00 bits per heavy atom. The molecule has 2 N–H and O–H groups in total. The summed E-state index contributed by atoms with van der Waals surface area (Å²) >= 11 is 12.4. The molecule has 1 amide bonds. The van der Waals surface area contributed by atoms with Crippen LogP contribution in [0.15, 0.2) is 88.8 Å². The van der Waals surface area contributed by atoms with E-state index in [1.165, 1.54) is 29.6 Å². The van der Waals surface area contributed by atoms with Gasteiger partial charge in [0.25, 0.3) is 10.0 Å². The van der Waals surface area contributed by atoms with Gasteiger partial charge in [0.1, 0.15) is 17.3 Å². The summed E-state index contributed by atoms with van der Waals surface area (Å²) in [5.41, 5.74) is 4.39. The lowest BCUT2D eigenvalue weighted by Crippen LogP contribution is -2.40. The molecule has 0 aromatic heterocycles. The molecule has 0 saturated heterocycles. The molecule has 2 aliphatic heterocycles. The number of carbonyl (C=O) groups excluding carboxylic acids is 1. The summed E-state index contributed by atoms with van der Waals surface area (Å²) in [4.78, 5) is 18.0. The smallest absolute Gasteiger partial charge is 0.264 e. The third kappa shape index (κ3) is 6.12. The molecule has 4 aromatic rings. The molecule has 238 valence electrons. The minimum Gasteiger partial charge on any atom is -0.497 e. The van der Waals surface area contributed by atoms with Crippen molar-refractivity contribution in [2.45, 2.75) is 23.8 Å². The molecule has 0 bridgehead atoms. The number of carbonyl (C=O) groups is 1. The maximum absolute atomic E-state index is 14.5. The molecule has 6 rings (SSSR count). The Morgan fingerprint density at radius 2 is 1.78 bits per heavy atom. The Balaban J connectivity index is 1.33. The Labute approximate surface area is 278 Å². The van der Waals surface area contributed by atoms with E-state index < -0.39 is 16.1 Å². The van der Waals surface area contributed by atoms with Gasteiger partial charge in [-0.3, -0.25) is 14.1 Å². The van der Waals surface area contributed by atoms with Crippen LogP contribution in [0.1, 0.15) is 29.2 Å². The van der Waals surface area contributed by atoms with Gasteiger partial charge in [-0.05, 0) is 47.9 Å². The number of aliphatic imine (C=N–C) groups is 1. The van der Waals surface area contributed by atoms with Crippen LogP contribution >= 0.6 is 23.2 Å². The second-order valence-electron chi connectivity index (χ2n) is 10.9. The monoisotopic (exact) mass is 678 g/mol. The Bertz CT molecular complexity index is 1930. The molecule has 9 nitrogen and oxygen atoms in total. The number of halogens is 2. The molecular formula is C34H32Cl2N4O5S. The van der Waals surface area contributed by atoms with E-state index in [4.69, 9.17) is 32.7 Å². The van der Waals surface area contributed by atoms with Crippen molar-refractivity contribution in [1.29, 1.82) is 0 Å². The van der Waals surface area contributed by atoms with Crippen LogP contribution < -0.4 is 24.4 Å². The lowest BCUT2D eigenvalue weighted by atomic mass is 9.87. The van der Waals surface area contributed by atoms with E-state index in [2.05, 4.69) is 15.6 Å². The third-order valence-electron chi connectivity index (χ3n) is 8.08. The molecule has 0 saturated carbocycles. The lowest BCUT2D eigenvalue weighted by molar-refractivity contribution is -0.121. The fourth-order valence-corrected chi connectivity index (χ4v) is 7.91. The molecule has 0 radical (unpaired) electrons.